The molecule has 0 aliphatic rings. The van der Waals surface area contributed by atoms with Crippen molar-refractivity contribution in [3.8, 4) is 0 Å². The highest BCUT2D eigenvalue weighted by molar-refractivity contribution is 9.10. The number of anilines is 1. The lowest BCUT2D eigenvalue weighted by Gasteiger charge is -2.10. The Balaban J connectivity index is 2.06. The maximum absolute atomic E-state index is 12.1. The van der Waals surface area contributed by atoms with Crippen LogP contribution < -0.4 is 11.1 Å². The van der Waals surface area contributed by atoms with Crippen LogP contribution >= 0.6 is 15.9 Å². The van der Waals surface area contributed by atoms with E-state index in [1.807, 2.05) is 18.2 Å². The van der Waals surface area contributed by atoms with Crippen LogP contribution in [0.2, 0.25) is 0 Å². The lowest BCUT2D eigenvalue weighted by atomic mass is 10.1. The fraction of sp³-hybridized carbons (Fsp3) is 0.188. The van der Waals surface area contributed by atoms with E-state index in [2.05, 4.69) is 34.2 Å². The zero-order valence-electron chi connectivity index (χ0n) is 11.3. The summed E-state index contributed by atoms with van der Waals surface area (Å²) in [5, 5.41) is 2.93. The second-order valence-electron chi connectivity index (χ2n) is 4.54. The Morgan fingerprint density at radius 3 is 2.55 bits per heavy atom. The van der Waals surface area contributed by atoms with Gasteiger partial charge in [-0.05, 0) is 51.7 Å². The molecule has 0 fully saturated rings. The molecule has 0 heterocycles. The standard InChI is InChI=1S/C16H17BrN2O/c1-2-11-5-3-4-6-13(11)10-19-16(20)12-7-8-14(17)15(18)9-12/h3-9H,2,10,18H2,1H3,(H,19,20). The number of nitrogens with one attached hydrogen (secondary N) is 1. The quantitative estimate of drug-likeness (QED) is 0.841. The Labute approximate surface area is 127 Å². The number of nitrogens with two attached hydrogens (primary N) is 1. The molecule has 4 heteroatoms. The molecule has 0 aliphatic heterocycles. The van der Waals surface area contributed by atoms with Gasteiger partial charge in [0.1, 0.15) is 0 Å². The first kappa shape index (κ1) is 14.6. The maximum Gasteiger partial charge on any atom is 0.251 e. The van der Waals surface area contributed by atoms with Crippen molar-refractivity contribution in [3.05, 3.63) is 63.6 Å². The molecule has 0 unspecified atom stereocenters. The molecule has 3 nitrogen and oxygen atoms in total. The van der Waals surface area contributed by atoms with Crippen LogP contribution in [0.25, 0.3) is 0 Å². The van der Waals surface area contributed by atoms with E-state index < -0.39 is 0 Å². The minimum Gasteiger partial charge on any atom is -0.398 e. The van der Waals surface area contributed by atoms with Crippen molar-refractivity contribution < 1.29 is 4.79 Å². The van der Waals surface area contributed by atoms with Crippen LogP contribution in [0.3, 0.4) is 0 Å². The number of rotatable bonds is 4. The first-order valence-corrected chi connectivity index (χ1v) is 7.31. The average molecular weight is 333 g/mol. The van der Waals surface area contributed by atoms with E-state index in [1.54, 1.807) is 18.2 Å². The predicted molar refractivity (Wildman–Crippen MR) is 85.5 cm³/mol. The summed E-state index contributed by atoms with van der Waals surface area (Å²) >= 11 is 3.32. The molecule has 2 aromatic rings. The molecular weight excluding hydrogens is 316 g/mol. The van der Waals surface area contributed by atoms with Crippen LogP contribution in [0.4, 0.5) is 5.69 Å². The number of hydrogen-bond donors (Lipinski definition) is 2. The maximum atomic E-state index is 12.1. The van der Waals surface area contributed by atoms with Gasteiger partial charge in [0.15, 0.2) is 0 Å². The molecule has 104 valence electrons. The highest BCUT2D eigenvalue weighted by Crippen LogP contribution is 2.20. The van der Waals surface area contributed by atoms with Gasteiger partial charge >= 0.3 is 0 Å². The predicted octanol–water partition coefficient (Wildman–Crippen LogP) is 3.52. The lowest BCUT2D eigenvalue weighted by molar-refractivity contribution is 0.0951. The van der Waals surface area contributed by atoms with Crippen LogP contribution in [-0.4, -0.2) is 5.91 Å². The van der Waals surface area contributed by atoms with Gasteiger partial charge in [0.05, 0.1) is 0 Å². The number of amides is 1. The molecule has 0 bridgehead atoms. The SMILES string of the molecule is CCc1ccccc1CNC(=O)c1ccc(Br)c(N)c1. The molecule has 2 rings (SSSR count). The molecule has 1 amide bonds. The van der Waals surface area contributed by atoms with E-state index in [0.717, 1.165) is 16.5 Å². The van der Waals surface area contributed by atoms with Gasteiger partial charge < -0.3 is 11.1 Å². The summed E-state index contributed by atoms with van der Waals surface area (Å²) in [7, 11) is 0. The summed E-state index contributed by atoms with van der Waals surface area (Å²) in [6.45, 7) is 2.63. The third-order valence-corrected chi connectivity index (χ3v) is 3.92. The van der Waals surface area contributed by atoms with E-state index in [4.69, 9.17) is 5.73 Å². The Bertz CT molecular complexity index is 626. The van der Waals surface area contributed by atoms with Gasteiger partial charge in [-0.2, -0.15) is 0 Å². The zero-order chi connectivity index (χ0) is 14.5. The first-order valence-electron chi connectivity index (χ1n) is 6.51. The molecule has 0 saturated carbocycles. The molecule has 0 spiro atoms. The monoisotopic (exact) mass is 332 g/mol. The van der Waals surface area contributed by atoms with Crippen molar-refractivity contribution in [2.24, 2.45) is 0 Å². The summed E-state index contributed by atoms with van der Waals surface area (Å²) in [4.78, 5) is 12.1. The van der Waals surface area contributed by atoms with Gasteiger partial charge in [0, 0.05) is 22.3 Å². The number of halogens is 1. The number of benzene rings is 2. The van der Waals surface area contributed by atoms with Gasteiger partial charge in [-0.3, -0.25) is 4.79 Å². The van der Waals surface area contributed by atoms with Crippen molar-refractivity contribution in [2.45, 2.75) is 19.9 Å². The van der Waals surface area contributed by atoms with Crippen molar-refractivity contribution >= 4 is 27.5 Å². The van der Waals surface area contributed by atoms with Crippen molar-refractivity contribution in [3.63, 3.8) is 0 Å². The molecule has 0 atom stereocenters. The lowest BCUT2D eigenvalue weighted by Crippen LogP contribution is -2.23. The topological polar surface area (TPSA) is 55.1 Å². The minimum atomic E-state index is -0.116. The van der Waals surface area contributed by atoms with E-state index in [0.29, 0.717) is 17.8 Å². The van der Waals surface area contributed by atoms with E-state index in [1.165, 1.54) is 5.56 Å². The molecule has 3 N–H and O–H groups in total. The zero-order valence-corrected chi connectivity index (χ0v) is 12.9. The Hall–Kier alpha value is -1.81. The van der Waals surface area contributed by atoms with Crippen LogP contribution in [-0.2, 0) is 13.0 Å². The van der Waals surface area contributed by atoms with Crippen molar-refractivity contribution in [1.29, 1.82) is 0 Å². The second-order valence-corrected chi connectivity index (χ2v) is 5.40. The third kappa shape index (κ3) is 3.39. The highest BCUT2D eigenvalue weighted by atomic mass is 79.9. The van der Waals surface area contributed by atoms with Crippen LogP contribution in [0.5, 0.6) is 0 Å². The van der Waals surface area contributed by atoms with Crippen molar-refractivity contribution in [1.82, 2.24) is 5.32 Å². The van der Waals surface area contributed by atoms with Crippen LogP contribution in [0.1, 0.15) is 28.4 Å². The van der Waals surface area contributed by atoms with Gasteiger partial charge in [-0.1, -0.05) is 31.2 Å². The first-order chi connectivity index (χ1) is 9.61. The fourth-order valence-electron chi connectivity index (χ4n) is 2.04. The molecule has 20 heavy (non-hydrogen) atoms. The average Bonchev–Trinajstić information content (AvgIpc) is 2.47. The Morgan fingerprint density at radius 2 is 1.90 bits per heavy atom. The summed E-state index contributed by atoms with van der Waals surface area (Å²) in [6.07, 6.45) is 0.956. The smallest absolute Gasteiger partial charge is 0.251 e. The van der Waals surface area contributed by atoms with E-state index in [9.17, 15) is 4.79 Å². The number of nitrogen functional groups attached to an aromatic ring is 1. The van der Waals surface area contributed by atoms with Crippen LogP contribution in [0.15, 0.2) is 46.9 Å². The number of carbonyl (C=O) groups excluding carboxylic acids is 1. The molecule has 0 saturated heterocycles. The summed E-state index contributed by atoms with van der Waals surface area (Å²) < 4.78 is 0.797. The molecule has 0 aromatic heterocycles. The van der Waals surface area contributed by atoms with E-state index in [-0.39, 0.29) is 5.91 Å². The van der Waals surface area contributed by atoms with Gasteiger partial charge in [-0.25, -0.2) is 0 Å². The van der Waals surface area contributed by atoms with Crippen molar-refractivity contribution in [2.75, 3.05) is 5.73 Å². The second kappa shape index (κ2) is 6.57. The molecule has 0 aliphatic carbocycles. The summed E-state index contributed by atoms with van der Waals surface area (Å²) in [6, 6.07) is 13.3. The molecule has 0 radical (unpaired) electrons. The summed E-state index contributed by atoms with van der Waals surface area (Å²) in [5.74, 6) is -0.116. The fourth-order valence-corrected chi connectivity index (χ4v) is 2.28. The molecular formula is C16H17BrN2O. The Morgan fingerprint density at radius 1 is 1.20 bits per heavy atom. The van der Waals surface area contributed by atoms with Gasteiger partial charge in [0.25, 0.3) is 5.91 Å². The number of carbonyl (C=O) groups is 1. The van der Waals surface area contributed by atoms with Gasteiger partial charge in [0.2, 0.25) is 0 Å². The Kier molecular flexibility index (Phi) is 4.79. The van der Waals surface area contributed by atoms with E-state index >= 15 is 0 Å². The molecule has 2 aromatic carbocycles. The normalized spacial score (nSPS) is 10.3. The number of aryl methyl sites for hydroxylation is 1. The third-order valence-electron chi connectivity index (χ3n) is 3.20. The van der Waals surface area contributed by atoms with Gasteiger partial charge in [-0.15, -0.1) is 0 Å². The minimum absolute atomic E-state index is 0.116. The number of hydrogen-bond acceptors (Lipinski definition) is 2. The largest absolute Gasteiger partial charge is 0.398 e. The summed E-state index contributed by atoms with van der Waals surface area (Å²) in [5.41, 5.74) is 9.31. The van der Waals surface area contributed by atoms with Crippen LogP contribution in [0, 0.1) is 0 Å². The highest BCUT2D eigenvalue weighted by Gasteiger charge is 2.08.